The van der Waals surface area contributed by atoms with Crippen LogP contribution in [0.25, 0.3) is 0 Å². The maximum Gasteiger partial charge on any atom is 0.166 e. The molecule has 0 amide bonds. The van der Waals surface area contributed by atoms with Crippen molar-refractivity contribution in [2.75, 3.05) is 20.6 Å². The first kappa shape index (κ1) is 16.7. The highest BCUT2D eigenvalue weighted by Crippen LogP contribution is 2.17. The predicted molar refractivity (Wildman–Crippen MR) is 87.5 cm³/mol. The van der Waals surface area contributed by atoms with Crippen molar-refractivity contribution in [2.24, 2.45) is 5.92 Å². The molecule has 0 bridgehead atoms. The second kappa shape index (κ2) is 8.75. The van der Waals surface area contributed by atoms with Crippen LogP contribution in [0.4, 0.5) is 0 Å². The molecule has 1 fully saturated rings. The van der Waals surface area contributed by atoms with Gasteiger partial charge in [0, 0.05) is 18.6 Å². The normalized spacial score (nSPS) is 18.6. The van der Waals surface area contributed by atoms with Gasteiger partial charge in [-0.1, -0.05) is 33.1 Å². The van der Waals surface area contributed by atoms with Gasteiger partial charge < -0.3 is 15.5 Å². The molecule has 1 aliphatic rings. The maximum atomic E-state index is 5.48. The third-order valence-corrected chi connectivity index (χ3v) is 3.85. The van der Waals surface area contributed by atoms with E-state index < -0.39 is 0 Å². The van der Waals surface area contributed by atoms with E-state index in [0.717, 1.165) is 18.1 Å². The molecule has 0 radical (unpaired) electrons. The summed E-state index contributed by atoms with van der Waals surface area (Å²) in [5.74, 6) is 0.690. The minimum absolute atomic E-state index is 0.443. The lowest BCUT2D eigenvalue weighted by molar-refractivity contribution is 0.325. The molecule has 112 valence electrons. The molecule has 0 aromatic heterocycles. The van der Waals surface area contributed by atoms with Gasteiger partial charge in [-0.2, -0.15) is 0 Å². The summed E-state index contributed by atoms with van der Waals surface area (Å²) in [5, 5.41) is 7.85. The molecule has 4 heteroatoms. The highest BCUT2D eigenvalue weighted by atomic mass is 32.1. The van der Waals surface area contributed by atoms with Crippen molar-refractivity contribution in [1.82, 2.24) is 15.5 Å². The highest BCUT2D eigenvalue weighted by molar-refractivity contribution is 7.80. The number of nitrogens with zero attached hydrogens (tertiary/aromatic N) is 1. The third-order valence-electron chi connectivity index (χ3n) is 3.62. The van der Waals surface area contributed by atoms with Crippen LogP contribution in [0.5, 0.6) is 0 Å². The van der Waals surface area contributed by atoms with Gasteiger partial charge in [0.2, 0.25) is 0 Å². The SMILES string of the molecule is CC(C)CC(CN(C)C)NC(=S)NC1CCCCC1. The Kier molecular flexibility index (Phi) is 7.69. The van der Waals surface area contributed by atoms with Crippen LogP contribution >= 0.6 is 12.2 Å². The number of nitrogens with one attached hydrogen (secondary N) is 2. The Bertz CT molecular complexity index is 250. The van der Waals surface area contributed by atoms with Crippen molar-refractivity contribution < 1.29 is 0 Å². The molecule has 1 atom stereocenters. The quantitative estimate of drug-likeness (QED) is 0.734. The molecule has 0 aliphatic heterocycles. The Morgan fingerprint density at radius 3 is 2.37 bits per heavy atom. The molecule has 1 unspecified atom stereocenters. The summed E-state index contributed by atoms with van der Waals surface area (Å²) in [6.07, 6.45) is 7.76. The van der Waals surface area contributed by atoms with Gasteiger partial charge >= 0.3 is 0 Å². The van der Waals surface area contributed by atoms with Gasteiger partial charge in [0.05, 0.1) is 0 Å². The van der Waals surface area contributed by atoms with Crippen LogP contribution in [0.1, 0.15) is 52.4 Å². The van der Waals surface area contributed by atoms with Crippen LogP contribution < -0.4 is 10.6 Å². The van der Waals surface area contributed by atoms with Gasteiger partial charge in [-0.25, -0.2) is 0 Å². The fourth-order valence-corrected chi connectivity index (χ4v) is 3.18. The fourth-order valence-electron chi connectivity index (χ4n) is 2.85. The lowest BCUT2D eigenvalue weighted by Crippen LogP contribution is -2.49. The zero-order chi connectivity index (χ0) is 14.3. The molecule has 0 aromatic rings. The molecule has 0 spiro atoms. The zero-order valence-corrected chi connectivity index (χ0v) is 13.9. The van der Waals surface area contributed by atoms with Crippen LogP contribution in [-0.2, 0) is 0 Å². The van der Waals surface area contributed by atoms with E-state index in [4.69, 9.17) is 12.2 Å². The molecule has 1 rings (SSSR count). The summed E-state index contributed by atoms with van der Waals surface area (Å²) in [6, 6.07) is 1.03. The Hall–Kier alpha value is -0.350. The van der Waals surface area contributed by atoms with Crippen LogP contribution in [0, 0.1) is 5.92 Å². The molecular weight excluding hydrogens is 254 g/mol. The maximum absolute atomic E-state index is 5.48. The van der Waals surface area contributed by atoms with E-state index in [1.165, 1.54) is 32.1 Å². The summed E-state index contributed by atoms with van der Waals surface area (Å²) in [4.78, 5) is 2.23. The van der Waals surface area contributed by atoms with Crippen molar-refractivity contribution in [2.45, 2.75) is 64.5 Å². The standard InChI is InChI=1S/C15H31N3S/c1-12(2)10-14(11-18(3)4)17-15(19)16-13-8-6-5-7-9-13/h12-14H,5-11H2,1-4H3,(H2,16,17,19). The Labute approximate surface area is 124 Å². The van der Waals surface area contributed by atoms with E-state index in [-0.39, 0.29) is 0 Å². The van der Waals surface area contributed by atoms with Gasteiger partial charge in [-0.15, -0.1) is 0 Å². The molecule has 1 aliphatic carbocycles. The molecule has 3 nitrogen and oxygen atoms in total. The molecule has 19 heavy (non-hydrogen) atoms. The number of thiocarbonyl (C=S) groups is 1. The molecule has 0 heterocycles. The van der Waals surface area contributed by atoms with Gasteiger partial charge in [0.1, 0.15) is 0 Å². The van der Waals surface area contributed by atoms with Crippen LogP contribution in [0.15, 0.2) is 0 Å². The summed E-state index contributed by atoms with van der Waals surface area (Å²) in [6.45, 7) is 5.56. The summed E-state index contributed by atoms with van der Waals surface area (Å²) in [7, 11) is 4.24. The monoisotopic (exact) mass is 285 g/mol. The Balaban J connectivity index is 2.36. The van der Waals surface area contributed by atoms with Crippen LogP contribution in [0.2, 0.25) is 0 Å². The van der Waals surface area contributed by atoms with Gasteiger partial charge in [-0.05, 0) is 51.5 Å². The average Bonchev–Trinajstić information content (AvgIpc) is 2.27. The van der Waals surface area contributed by atoms with Gasteiger partial charge in [0.15, 0.2) is 5.11 Å². The average molecular weight is 286 g/mol. The first-order chi connectivity index (χ1) is 8.97. The van der Waals surface area contributed by atoms with Gasteiger partial charge in [-0.3, -0.25) is 0 Å². The van der Waals surface area contributed by atoms with Crippen molar-refractivity contribution in [3.63, 3.8) is 0 Å². The largest absolute Gasteiger partial charge is 0.360 e. The van der Waals surface area contributed by atoms with E-state index in [9.17, 15) is 0 Å². The van der Waals surface area contributed by atoms with Crippen LogP contribution in [0.3, 0.4) is 0 Å². The fraction of sp³-hybridized carbons (Fsp3) is 0.933. The highest BCUT2D eigenvalue weighted by Gasteiger charge is 2.17. The number of hydrogen-bond donors (Lipinski definition) is 2. The zero-order valence-electron chi connectivity index (χ0n) is 13.0. The molecule has 1 saturated carbocycles. The van der Waals surface area contributed by atoms with E-state index in [1.807, 2.05) is 0 Å². The smallest absolute Gasteiger partial charge is 0.166 e. The molecular formula is C15H31N3S. The minimum atomic E-state index is 0.443. The van der Waals surface area contributed by atoms with Crippen LogP contribution in [-0.4, -0.2) is 42.7 Å². The minimum Gasteiger partial charge on any atom is -0.360 e. The second-order valence-electron chi connectivity index (χ2n) is 6.54. The van der Waals surface area contributed by atoms with E-state index >= 15 is 0 Å². The summed E-state index contributed by atoms with van der Waals surface area (Å²) in [5.41, 5.74) is 0. The lowest BCUT2D eigenvalue weighted by atomic mass is 9.96. The topological polar surface area (TPSA) is 27.3 Å². The van der Waals surface area contributed by atoms with E-state index in [2.05, 4.69) is 43.5 Å². The van der Waals surface area contributed by atoms with E-state index in [1.54, 1.807) is 0 Å². The Morgan fingerprint density at radius 1 is 1.21 bits per heavy atom. The summed E-state index contributed by atoms with van der Waals surface area (Å²) >= 11 is 5.48. The number of rotatable bonds is 6. The molecule has 0 saturated heterocycles. The van der Waals surface area contributed by atoms with Crippen molar-refractivity contribution in [3.05, 3.63) is 0 Å². The van der Waals surface area contributed by atoms with Crippen molar-refractivity contribution >= 4 is 17.3 Å². The number of likely N-dealkylation sites (N-methyl/N-ethyl adjacent to an activating group) is 1. The summed E-state index contributed by atoms with van der Waals surface area (Å²) < 4.78 is 0. The van der Waals surface area contributed by atoms with E-state index in [0.29, 0.717) is 18.0 Å². The molecule has 0 aromatic carbocycles. The Morgan fingerprint density at radius 2 is 1.84 bits per heavy atom. The predicted octanol–water partition coefficient (Wildman–Crippen LogP) is 2.76. The molecule has 2 N–H and O–H groups in total. The number of hydrogen-bond acceptors (Lipinski definition) is 2. The van der Waals surface area contributed by atoms with Crippen molar-refractivity contribution in [3.8, 4) is 0 Å². The third kappa shape index (κ3) is 7.73. The lowest BCUT2D eigenvalue weighted by Gasteiger charge is -2.29. The van der Waals surface area contributed by atoms with Crippen molar-refractivity contribution in [1.29, 1.82) is 0 Å². The first-order valence-corrected chi connectivity index (χ1v) is 8.10. The van der Waals surface area contributed by atoms with Gasteiger partial charge in [0.25, 0.3) is 0 Å². The second-order valence-corrected chi connectivity index (χ2v) is 6.95. The first-order valence-electron chi connectivity index (χ1n) is 7.69.